The van der Waals surface area contributed by atoms with Gasteiger partial charge in [-0.3, -0.25) is 4.79 Å². The highest BCUT2D eigenvalue weighted by Crippen LogP contribution is 2.44. The molecular weight excluding hydrogens is 372 g/mol. The number of benzene rings is 1. The first-order valence-electron chi connectivity index (χ1n) is 9.37. The lowest BCUT2D eigenvalue weighted by Gasteiger charge is -2.34. The van der Waals surface area contributed by atoms with Crippen molar-refractivity contribution in [3.63, 3.8) is 0 Å². The van der Waals surface area contributed by atoms with E-state index in [2.05, 4.69) is 15.4 Å². The van der Waals surface area contributed by atoms with Crippen LogP contribution in [0.3, 0.4) is 0 Å². The quantitative estimate of drug-likeness (QED) is 0.728. The fourth-order valence-electron chi connectivity index (χ4n) is 4.20. The highest BCUT2D eigenvalue weighted by Gasteiger charge is 2.40. The van der Waals surface area contributed by atoms with Gasteiger partial charge in [0.25, 0.3) is 0 Å². The predicted octanol–water partition coefficient (Wildman–Crippen LogP) is 3.30. The van der Waals surface area contributed by atoms with Crippen LogP contribution in [-0.4, -0.2) is 34.8 Å². The van der Waals surface area contributed by atoms with Crippen molar-refractivity contribution in [3.05, 3.63) is 65.5 Å². The van der Waals surface area contributed by atoms with Gasteiger partial charge in [0.05, 0.1) is 20.5 Å². The van der Waals surface area contributed by atoms with Crippen LogP contribution in [0.2, 0.25) is 0 Å². The standard InChI is InChI=1S/C21H20N4O4/c1-27-16-6-5-12(10-18(16)28-2)13-8-14-19(15(26)9-13)20(17-4-3-7-29-17)25-21(24-14)22-11-23-25/h3-7,10-11,13,20H,8-9H2,1-2H3,(H,22,23,24). The first-order chi connectivity index (χ1) is 14.2. The zero-order valence-electron chi connectivity index (χ0n) is 16.1. The lowest BCUT2D eigenvalue weighted by molar-refractivity contribution is -0.116. The third kappa shape index (κ3) is 2.79. The first kappa shape index (κ1) is 17.5. The lowest BCUT2D eigenvalue weighted by Crippen LogP contribution is -2.33. The summed E-state index contributed by atoms with van der Waals surface area (Å²) in [7, 11) is 3.22. The van der Waals surface area contributed by atoms with Gasteiger partial charge in [-0.1, -0.05) is 6.07 Å². The number of carbonyl (C=O) groups excluding carboxylic acids is 1. The lowest BCUT2D eigenvalue weighted by atomic mass is 9.78. The number of allylic oxidation sites excluding steroid dienone is 2. The highest BCUT2D eigenvalue weighted by atomic mass is 16.5. The molecule has 0 bridgehead atoms. The molecule has 0 saturated carbocycles. The van der Waals surface area contributed by atoms with E-state index in [1.807, 2.05) is 30.3 Å². The van der Waals surface area contributed by atoms with E-state index < -0.39 is 6.04 Å². The molecule has 2 aromatic heterocycles. The van der Waals surface area contributed by atoms with Crippen molar-refractivity contribution in [3.8, 4) is 11.5 Å². The molecule has 5 rings (SSSR count). The fourth-order valence-corrected chi connectivity index (χ4v) is 4.20. The molecule has 1 aromatic carbocycles. The number of ketones is 1. The normalized spacial score (nSPS) is 20.7. The Bertz CT molecular complexity index is 1100. The number of hydrogen-bond acceptors (Lipinski definition) is 7. The van der Waals surface area contributed by atoms with Gasteiger partial charge < -0.3 is 19.2 Å². The molecule has 2 aliphatic rings. The molecule has 148 valence electrons. The van der Waals surface area contributed by atoms with E-state index in [0.717, 1.165) is 11.3 Å². The summed E-state index contributed by atoms with van der Waals surface area (Å²) in [5, 5.41) is 7.61. The third-order valence-electron chi connectivity index (χ3n) is 5.55. The van der Waals surface area contributed by atoms with Crippen molar-refractivity contribution in [2.75, 3.05) is 19.5 Å². The molecule has 0 fully saturated rings. The summed E-state index contributed by atoms with van der Waals surface area (Å²) in [4.78, 5) is 17.6. The van der Waals surface area contributed by atoms with Crippen LogP contribution >= 0.6 is 0 Å². The molecule has 8 nitrogen and oxygen atoms in total. The molecule has 0 spiro atoms. The molecule has 2 unspecified atom stereocenters. The number of aromatic nitrogens is 3. The van der Waals surface area contributed by atoms with Gasteiger partial charge in [0.2, 0.25) is 5.95 Å². The predicted molar refractivity (Wildman–Crippen MR) is 104 cm³/mol. The van der Waals surface area contributed by atoms with Gasteiger partial charge in [0, 0.05) is 17.7 Å². The number of nitrogens with one attached hydrogen (secondary N) is 1. The van der Waals surface area contributed by atoms with Crippen LogP contribution in [0.5, 0.6) is 11.5 Å². The summed E-state index contributed by atoms with van der Waals surface area (Å²) >= 11 is 0. The molecule has 0 amide bonds. The summed E-state index contributed by atoms with van der Waals surface area (Å²) in [5.41, 5.74) is 2.59. The van der Waals surface area contributed by atoms with Crippen molar-refractivity contribution in [2.45, 2.75) is 24.8 Å². The van der Waals surface area contributed by atoms with Gasteiger partial charge in [-0.15, -0.1) is 0 Å². The maximum Gasteiger partial charge on any atom is 0.226 e. The minimum Gasteiger partial charge on any atom is -0.493 e. The monoisotopic (exact) mass is 392 g/mol. The maximum absolute atomic E-state index is 13.3. The summed E-state index contributed by atoms with van der Waals surface area (Å²) in [6, 6.07) is 9.07. The molecule has 2 atom stereocenters. The Morgan fingerprint density at radius 3 is 2.79 bits per heavy atom. The van der Waals surface area contributed by atoms with Crippen molar-refractivity contribution in [2.24, 2.45) is 0 Å². The molecule has 0 saturated heterocycles. The molecule has 8 heteroatoms. The van der Waals surface area contributed by atoms with E-state index in [0.29, 0.717) is 41.6 Å². The number of fused-ring (bicyclic) bond motifs is 1. The van der Waals surface area contributed by atoms with E-state index in [-0.39, 0.29) is 11.7 Å². The van der Waals surface area contributed by atoms with Crippen LogP contribution in [0.1, 0.15) is 36.1 Å². The van der Waals surface area contributed by atoms with E-state index >= 15 is 0 Å². The zero-order valence-corrected chi connectivity index (χ0v) is 16.1. The van der Waals surface area contributed by atoms with Crippen molar-refractivity contribution >= 4 is 11.7 Å². The third-order valence-corrected chi connectivity index (χ3v) is 5.55. The maximum atomic E-state index is 13.3. The molecule has 29 heavy (non-hydrogen) atoms. The average Bonchev–Trinajstić information content (AvgIpc) is 3.43. The van der Waals surface area contributed by atoms with Crippen LogP contribution in [-0.2, 0) is 4.79 Å². The number of Topliss-reactive ketones (excluding diaryl/α,β-unsaturated/α-hetero) is 1. The highest BCUT2D eigenvalue weighted by molar-refractivity contribution is 6.00. The number of anilines is 1. The smallest absolute Gasteiger partial charge is 0.226 e. The minimum atomic E-state index is -0.405. The first-order valence-corrected chi connectivity index (χ1v) is 9.37. The Balaban J connectivity index is 1.54. The summed E-state index contributed by atoms with van der Waals surface area (Å²) in [6.45, 7) is 0. The number of methoxy groups -OCH3 is 2. The average molecular weight is 392 g/mol. The number of hydrogen-bond donors (Lipinski definition) is 1. The molecule has 3 heterocycles. The fraction of sp³-hybridized carbons (Fsp3) is 0.286. The van der Waals surface area contributed by atoms with Gasteiger partial charge in [-0.05, 0) is 42.2 Å². The number of ether oxygens (including phenoxy) is 2. The SMILES string of the molecule is COc1ccc(C2CC(=O)C3=C(C2)Nc2ncnn2C3c2ccco2)cc1OC. The van der Waals surface area contributed by atoms with Crippen LogP contribution in [0.15, 0.2) is 58.6 Å². The van der Waals surface area contributed by atoms with Crippen LogP contribution in [0.4, 0.5) is 5.95 Å². The summed E-state index contributed by atoms with van der Waals surface area (Å²) in [5.74, 6) is 2.69. The summed E-state index contributed by atoms with van der Waals surface area (Å²) in [6.07, 6.45) is 4.17. The largest absolute Gasteiger partial charge is 0.493 e. The van der Waals surface area contributed by atoms with Crippen molar-refractivity contribution in [1.29, 1.82) is 0 Å². The Hall–Kier alpha value is -3.55. The van der Waals surface area contributed by atoms with Crippen LogP contribution < -0.4 is 14.8 Å². The molecular formula is C21H20N4O4. The molecule has 1 aliphatic heterocycles. The number of nitrogens with zero attached hydrogens (tertiary/aromatic N) is 3. The molecule has 1 aliphatic carbocycles. The van der Waals surface area contributed by atoms with Crippen LogP contribution in [0.25, 0.3) is 0 Å². The topological polar surface area (TPSA) is 91.4 Å². The minimum absolute atomic E-state index is 0.0280. The Morgan fingerprint density at radius 2 is 2.03 bits per heavy atom. The number of carbonyl (C=O) groups is 1. The zero-order chi connectivity index (χ0) is 20.0. The van der Waals surface area contributed by atoms with E-state index in [1.165, 1.54) is 6.33 Å². The van der Waals surface area contributed by atoms with E-state index in [1.54, 1.807) is 25.2 Å². The van der Waals surface area contributed by atoms with E-state index in [9.17, 15) is 4.79 Å². The number of rotatable bonds is 4. The summed E-state index contributed by atoms with van der Waals surface area (Å²) < 4.78 is 18.1. The molecule has 1 N–H and O–H groups in total. The Morgan fingerprint density at radius 1 is 1.17 bits per heavy atom. The Kier molecular flexibility index (Phi) is 4.12. The second-order valence-electron chi connectivity index (χ2n) is 7.11. The van der Waals surface area contributed by atoms with Gasteiger partial charge in [-0.25, -0.2) is 4.68 Å². The Labute approximate surface area is 167 Å². The van der Waals surface area contributed by atoms with Gasteiger partial charge in [0.1, 0.15) is 18.1 Å². The van der Waals surface area contributed by atoms with Gasteiger partial charge in [0.15, 0.2) is 17.3 Å². The second-order valence-corrected chi connectivity index (χ2v) is 7.11. The van der Waals surface area contributed by atoms with Gasteiger partial charge >= 0.3 is 0 Å². The number of furan rings is 1. The van der Waals surface area contributed by atoms with Crippen LogP contribution in [0, 0.1) is 0 Å². The molecule has 3 aromatic rings. The second kappa shape index (κ2) is 6.80. The van der Waals surface area contributed by atoms with Crippen molar-refractivity contribution < 1.29 is 18.7 Å². The van der Waals surface area contributed by atoms with Gasteiger partial charge in [-0.2, -0.15) is 10.1 Å². The van der Waals surface area contributed by atoms with Crippen molar-refractivity contribution in [1.82, 2.24) is 14.8 Å². The molecule has 0 radical (unpaired) electrons. The van der Waals surface area contributed by atoms with E-state index in [4.69, 9.17) is 13.9 Å².